The molecule has 0 aromatic rings. The summed E-state index contributed by atoms with van der Waals surface area (Å²) >= 11 is 0. The smallest absolute Gasteiger partial charge is 0.317 e. The molecule has 2 N–H and O–H groups in total. The first-order chi connectivity index (χ1) is 10.0. The molecule has 2 fully saturated rings. The lowest BCUT2D eigenvalue weighted by atomic mass is 9.83. The first-order valence-corrected chi connectivity index (χ1v) is 8.32. The van der Waals surface area contributed by atoms with Crippen LogP contribution in [0.25, 0.3) is 0 Å². The molecule has 0 bridgehead atoms. The molecule has 0 spiro atoms. The van der Waals surface area contributed by atoms with E-state index in [0.717, 1.165) is 18.8 Å². The van der Waals surface area contributed by atoms with Crippen molar-refractivity contribution in [3.63, 3.8) is 0 Å². The molecule has 2 aliphatic rings. The summed E-state index contributed by atoms with van der Waals surface area (Å²) in [6.07, 6.45) is 7.61. The van der Waals surface area contributed by atoms with Gasteiger partial charge in [0, 0.05) is 18.6 Å². The Morgan fingerprint density at radius 3 is 2.38 bits per heavy atom. The second-order valence-electron chi connectivity index (χ2n) is 6.62. The fourth-order valence-electron chi connectivity index (χ4n) is 3.82. The van der Waals surface area contributed by atoms with Gasteiger partial charge in [0.05, 0.1) is 5.92 Å². The lowest BCUT2D eigenvalue weighted by Crippen LogP contribution is -2.48. The molecular weight excluding hydrogens is 268 g/mol. The summed E-state index contributed by atoms with van der Waals surface area (Å²) in [6.45, 7) is 4.61. The van der Waals surface area contributed by atoms with Crippen LogP contribution >= 0.6 is 0 Å². The summed E-state index contributed by atoms with van der Waals surface area (Å²) in [6, 6.07) is -0.0224. The van der Waals surface area contributed by atoms with Crippen LogP contribution in [0, 0.1) is 11.8 Å². The van der Waals surface area contributed by atoms with Crippen molar-refractivity contribution in [1.82, 2.24) is 10.2 Å². The van der Waals surface area contributed by atoms with E-state index >= 15 is 0 Å². The van der Waals surface area contributed by atoms with Gasteiger partial charge in [-0.15, -0.1) is 0 Å². The summed E-state index contributed by atoms with van der Waals surface area (Å²) in [5.74, 6) is -0.390. The van der Waals surface area contributed by atoms with Crippen LogP contribution in [0.4, 0.5) is 4.79 Å². The Balaban J connectivity index is 1.79. The molecule has 0 radical (unpaired) electrons. The van der Waals surface area contributed by atoms with Crippen molar-refractivity contribution < 1.29 is 14.7 Å². The third-order valence-electron chi connectivity index (χ3n) is 5.20. The Labute approximate surface area is 127 Å². The number of nitrogens with one attached hydrogen (secondary N) is 1. The number of carboxylic acid groups (broad SMARTS) is 1. The summed E-state index contributed by atoms with van der Waals surface area (Å²) in [5, 5.41) is 12.2. The molecule has 5 nitrogen and oxygen atoms in total. The van der Waals surface area contributed by atoms with E-state index in [1.165, 1.54) is 25.7 Å². The van der Waals surface area contributed by atoms with E-state index < -0.39 is 11.9 Å². The van der Waals surface area contributed by atoms with E-state index in [0.29, 0.717) is 13.0 Å². The molecule has 2 unspecified atom stereocenters. The summed E-state index contributed by atoms with van der Waals surface area (Å²) < 4.78 is 0. The zero-order valence-electron chi connectivity index (χ0n) is 13.2. The number of urea groups is 1. The molecular formula is C16H28N2O3. The highest BCUT2D eigenvalue weighted by molar-refractivity contribution is 5.78. The summed E-state index contributed by atoms with van der Waals surface area (Å²) in [4.78, 5) is 25.1. The normalized spacial score (nSPS) is 33.0. The number of likely N-dealkylation sites (tertiary alicyclic amines) is 1. The maximum Gasteiger partial charge on any atom is 0.317 e. The van der Waals surface area contributed by atoms with Gasteiger partial charge in [0.2, 0.25) is 0 Å². The van der Waals surface area contributed by atoms with E-state index in [1.807, 2.05) is 6.92 Å². The SMILES string of the molecule is CCCC1CCC(NC(=O)N2CCC(C(=O)O)C2C)CC1. The van der Waals surface area contributed by atoms with E-state index in [4.69, 9.17) is 5.11 Å². The summed E-state index contributed by atoms with van der Waals surface area (Å²) in [5.41, 5.74) is 0. The number of hydrogen-bond acceptors (Lipinski definition) is 2. The number of aliphatic carboxylic acids is 1. The lowest BCUT2D eigenvalue weighted by Gasteiger charge is -2.31. The average Bonchev–Trinajstić information content (AvgIpc) is 2.83. The second-order valence-corrected chi connectivity index (χ2v) is 6.62. The van der Waals surface area contributed by atoms with Gasteiger partial charge in [-0.1, -0.05) is 19.8 Å². The van der Waals surface area contributed by atoms with Gasteiger partial charge in [-0.05, 0) is 44.9 Å². The molecule has 2 atom stereocenters. The minimum Gasteiger partial charge on any atom is -0.481 e. The van der Waals surface area contributed by atoms with Crippen molar-refractivity contribution in [2.45, 2.75) is 70.9 Å². The zero-order valence-corrected chi connectivity index (χ0v) is 13.2. The molecule has 0 aromatic carbocycles. The molecule has 0 aromatic heterocycles. The molecule has 21 heavy (non-hydrogen) atoms. The molecule has 120 valence electrons. The molecule has 5 heteroatoms. The number of amides is 2. The highest BCUT2D eigenvalue weighted by atomic mass is 16.4. The van der Waals surface area contributed by atoms with Gasteiger partial charge in [0.15, 0.2) is 0 Å². The van der Waals surface area contributed by atoms with Gasteiger partial charge < -0.3 is 15.3 Å². The second kappa shape index (κ2) is 7.14. The minimum atomic E-state index is -0.794. The summed E-state index contributed by atoms with van der Waals surface area (Å²) in [7, 11) is 0. The fraction of sp³-hybridized carbons (Fsp3) is 0.875. The van der Waals surface area contributed by atoms with Crippen LogP contribution < -0.4 is 5.32 Å². The number of carboxylic acids is 1. The maximum atomic E-state index is 12.3. The Hall–Kier alpha value is -1.26. The van der Waals surface area contributed by atoms with Crippen LogP contribution in [-0.2, 0) is 4.79 Å². The first-order valence-electron chi connectivity index (χ1n) is 8.32. The molecule has 1 heterocycles. The van der Waals surface area contributed by atoms with Gasteiger partial charge in [-0.25, -0.2) is 4.79 Å². The molecule has 1 aliphatic heterocycles. The van der Waals surface area contributed by atoms with Gasteiger partial charge in [0.1, 0.15) is 0 Å². The fourth-order valence-corrected chi connectivity index (χ4v) is 3.82. The van der Waals surface area contributed by atoms with Crippen LogP contribution in [0.3, 0.4) is 0 Å². The molecule has 2 rings (SSSR count). The first kappa shape index (κ1) is 16.1. The van der Waals surface area contributed by atoms with Crippen molar-refractivity contribution in [2.24, 2.45) is 11.8 Å². The largest absolute Gasteiger partial charge is 0.481 e. The number of hydrogen-bond donors (Lipinski definition) is 2. The molecule has 1 aliphatic carbocycles. The van der Waals surface area contributed by atoms with E-state index in [-0.39, 0.29) is 18.1 Å². The molecule has 1 saturated carbocycles. The highest BCUT2D eigenvalue weighted by Crippen LogP contribution is 2.29. The zero-order chi connectivity index (χ0) is 15.4. The van der Waals surface area contributed by atoms with Crippen molar-refractivity contribution in [3.05, 3.63) is 0 Å². The molecule has 1 saturated heterocycles. The van der Waals surface area contributed by atoms with Crippen molar-refractivity contribution in [1.29, 1.82) is 0 Å². The topological polar surface area (TPSA) is 69.6 Å². The van der Waals surface area contributed by atoms with Crippen molar-refractivity contribution in [2.75, 3.05) is 6.54 Å². The predicted octanol–water partition coefficient (Wildman–Crippen LogP) is 2.85. The van der Waals surface area contributed by atoms with E-state index in [9.17, 15) is 9.59 Å². The number of nitrogens with zero attached hydrogens (tertiary/aromatic N) is 1. The van der Waals surface area contributed by atoms with Crippen LogP contribution in [0.5, 0.6) is 0 Å². The predicted molar refractivity (Wildman–Crippen MR) is 81.1 cm³/mol. The third-order valence-corrected chi connectivity index (χ3v) is 5.20. The van der Waals surface area contributed by atoms with E-state index in [2.05, 4.69) is 12.2 Å². The Morgan fingerprint density at radius 2 is 1.86 bits per heavy atom. The Kier molecular flexibility index (Phi) is 5.48. The highest BCUT2D eigenvalue weighted by Gasteiger charge is 2.38. The number of rotatable bonds is 4. The average molecular weight is 296 g/mol. The van der Waals surface area contributed by atoms with Gasteiger partial charge >= 0.3 is 12.0 Å². The minimum absolute atomic E-state index is 0.0785. The van der Waals surface area contributed by atoms with Gasteiger partial charge in [0.25, 0.3) is 0 Å². The van der Waals surface area contributed by atoms with Gasteiger partial charge in [-0.3, -0.25) is 4.79 Å². The van der Waals surface area contributed by atoms with Crippen LogP contribution in [0.1, 0.15) is 58.8 Å². The standard InChI is InChI=1S/C16H28N2O3/c1-3-4-12-5-7-13(8-6-12)17-16(21)18-10-9-14(11(18)2)15(19)20/h11-14H,3-10H2,1-2H3,(H,17,21)(H,19,20). The Bertz CT molecular complexity index is 378. The Morgan fingerprint density at radius 1 is 1.19 bits per heavy atom. The number of carbonyl (C=O) groups is 2. The monoisotopic (exact) mass is 296 g/mol. The van der Waals surface area contributed by atoms with Crippen LogP contribution in [-0.4, -0.2) is 40.6 Å². The maximum absolute atomic E-state index is 12.3. The van der Waals surface area contributed by atoms with Crippen molar-refractivity contribution in [3.8, 4) is 0 Å². The lowest BCUT2D eigenvalue weighted by molar-refractivity contribution is -0.142. The van der Waals surface area contributed by atoms with Crippen LogP contribution in [0.15, 0.2) is 0 Å². The molecule has 2 amide bonds. The van der Waals surface area contributed by atoms with E-state index in [1.54, 1.807) is 4.90 Å². The number of carbonyl (C=O) groups excluding carboxylic acids is 1. The van der Waals surface area contributed by atoms with Crippen LogP contribution in [0.2, 0.25) is 0 Å². The quantitative estimate of drug-likeness (QED) is 0.838. The van der Waals surface area contributed by atoms with Crippen molar-refractivity contribution >= 4 is 12.0 Å². The third kappa shape index (κ3) is 3.89. The van der Waals surface area contributed by atoms with Gasteiger partial charge in [-0.2, -0.15) is 0 Å².